The van der Waals surface area contributed by atoms with E-state index in [1.807, 2.05) is 6.07 Å². The zero-order chi connectivity index (χ0) is 13.0. The summed E-state index contributed by atoms with van der Waals surface area (Å²) in [5.41, 5.74) is 0.788. The molecule has 1 rings (SSSR count). The number of benzene rings is 1. The number of halogens is 1. The van der Waals surface area contributed by atoms with E-state index in [1.54, 1.807) is 0 Å². The van der Waals surface area contributed by atoms with Gasteiger partial charge >= 0.3 is 5.97 Å². The van der Waals surface area contributed by atoms with E-state index < -0.39 is 11.3 Å². The highest BCUT2D eigenvalue weighted by atomic mass is 35.5. The van der Waals surface area contributed by atoms with Gasteiger partial charge in [0.15, 0.2) is 5.78 Å². The monoisotopic (exact) mass is 251 g/mol. The molecule has 0 aliphatic rings. The molecule has 0 spiro atoms. The summed E-state index contributed by atoms with van der Waals surface area (Å²) in [5, 5.41) is 8.11. The SMILES string of the molecule is COC(=O)c1ccc(C(Cl)C(C)=O)cc1C#N. The predicted molar refractivity (Wildman–Crippen MR) is 61.8 cm³/mol. The molecule has 0 fully saturated rings. The Balaban J connectivity index is 3.23. The maximum Gasteiger partial charge on any atom is 0.339 e. The van der Waals surface area contributed by atoms with E-state index in [4.69, 9.17) is 16.9 Å². The second-order valence-corrected chi connectivity index (χ2v) is 3.82. The summed E-state index contributed by atoms with van der Waals surface area (Å²) >= 11 is 5.86. The lowest BCUT2D eigenvalue weighted by atomic mass is 10.0. The summed E-state index contributed by atoms with van der Waals surface area (Å²) in [7, 11) is 1.23. The number of hydrogen-bond donors (Lipinski definition) is 0. The summed E-state index contributed by atoms with van der Waals surface area (Å²) in [4.78, 5) is 22.4. The first-order valence-electron chi connectivity index (χ1n) is 4.78. The van der Waals surface area contributed by atoms with E-state index in [-0.39, 0.29) is 16.9 Å². The number of ketones is 1. The highest BCUT2D eigenvalue weighted by Gasteiger charge is 2.17. The van der Waals surface area contributed by atoms with Crippen LogP contribution in [0.1, 0.15) is 33.8 Å². The van der Waals surface area contributed by atoms with Gasteiger partial charge < -0.3 is 4.74 Å². The van der Waals surface area contributed by atoms with E-state index in [0.29, 0.717) is 5.56 Å². The molecule has 0 radical (unpaired) electrons. The van der Waals surface area contributed by atoms with Crippen molar-refractivity contribution in [3.05, 3.63) is 34.9 Å². The summed E-state index contributed by atoms with van der Waals surface area (Å²) in [5.74, 6) is -0.816. The molecule has 88 valence electrons. The lowest BCUT2D eigenvalue weighted by Gasteiger charge is -2.08. The third kappa shape index (κ3) is 2.83. The number of rotatable bonds is 3. The van der Waals surface area contributed by atoms with Crippen LogP contribution in [0, 0.1) is 11.3 Å². The minimum Gasteiger partial charge on any atom is -0.465 e. The molecule has 0 aliphatic carbocycles. The van der Waals surface area contributed by atoms with Gasteiger partial charge in [0.2, 0.25) is 0 Å². The number of methoxy groups -OCH3 is 1. The van der Waals surface area contributed by atoms with Crippen LogP contribution >= 0.6 is 11.6 Å². The van der Waals surface area contributed by atoms with Crippen LogP contribution in [-0.2, 0) is 9.53 Å². The number of hydrogen-bond acceptors (Lipinski definition) is 4. The molecule has 1 unspecified atom stereocenters. The van der Waals surface area contributed by atoms with Crippen molar-refractivity contribution in [2.45, 2.75) is 12.3 Å². The van der Waals surface area contributed by atoms with Crippen LogP contribution < -0.4 is 0 Å². The lowest BCUT2D eigenvalue weighted by molar-refractivity contribution is -0.116. The maximum absolute atomic E-state index is 11.3. The van der Waals surface area contributed by atoms with Crippen LogP contribution in [0.4, 0.5) is 0 Å². The molecule has 1 aromatic rings. The minimum absolute atomic E-state index is 0.140. The van der Waals surface area contributed by atoms with Gasteiger partial charge in [-0.25, -0.2) is 4.79 Å². The number of ether oxygens (including phenoxy) is 1. The van der Waals surface area contributed by atoms with Crippen molar-refractivity contribution in [3.8, 4) is 6.07 Å². The predicted octanol–water partition coefficient (Wildman–Crippen LogP) is 2.21. The number of Topliss-reactive ketones (excluding diaryl/α,β-unsaturated/α-hetero) is 1. The van der Waals surface area contributed by atoms with Crippen LogP contribution in [0.2, 0.25) is 0 Å². The Morgan fingerprint density at radius 3 is 2.59 bits per heavy atom. The van der Waals surface area contributed by atoms with Gasteiger partial charge in [0.05, 0.1) is 18.2 Å². The third-order valence-electron chi connectivity index (χ3n) is 2.22. The second kappa shape index (κ2) is 5.46. The van der Waals surface area contributed by atoms with E-state index in [1.165, 1.54) is 32.2 Å². The van der Waals surface area contributed by atoms with Crippen molar-refractivity contribution in [2.75, 3.05) is 7.11 Å². The molecular weight excluding hydrogens is 242 g/mol. The average molecular weight is 252 g/mol. The Labute approximate surface area is 104 Å². The normalized spacial score (nSPS) is 11.4. The highest BCUT2D eigenvalue weighted by Crippen LogP contribution is 2.24. The van der Waals surface area contributed by atoms with Crippen LogP contribution in [0.25, 0.3) is 0 Å². The molecule has 5 heteroatoms. The Hall–Kier alpha value is -1.86. The van der Waals surface area contributed by atoms with Gasteiger partial charge in [-0.05, 0) is 24.6 Å². The molecule has 1 atom stereocenters. The van der Waals surface area contributed by atoms with Gasteiger partial charge in [-0.15, -0.1) is 11.6 Å². The smallest absolute Gasteiger partial charge is 0.339 e. The largest absolute Gasteiger partial charge is 0.465 e. The second-order valence-electron chi connectivity index (χ2n) is 3.38. The van der Waals surface area contributed by atoms with Crippen molar-refractivity contribution in [2.24, 2.45) is 0 Å². The molecule has 0 saturated carbocycles. The number of nitriles is 1. The van der Waals surface area contributed by atoms with Crippen LogP contribution in [0.15, 0.2) is 18.2 Å². The topological polar surface area (TPSA) is 67.2 Å². The Bertz CT molecular complexity index is 505. The Morgan fingerprint density at radius 1 is 1.47 bits per heavy atom. The first kappa shape index (κ1) is 13.2. The van der Waals surface area contributed by atoms with E-state index in [0.717, 1.165) is 0 Å². The molecule has 0 heterocycles. The summed E-state index contributed by atoms with van der Waals surface area (Å²) in [6, 6.07) is 6.26. The molecule has 0 aromatic heterocycles. The third-order valence-corrected chi connectivity index (χ3v) is 2.78. The van der Waals surface area contributed by atoms with Crippen molar-refractivity contribution in [3.63, 3.8) is 0 Å². The molecule has 0 bridgehead atoms. The number of esters is 1. The van der Waals surface area contributed by atoms with E-state index >= 15 is 0 Å². The van der Waals surface area contributed by atoms with Gasteiger partial charge in [0, 0.05) is 0 Å². The van der Waals surface area contributed by atoms with Gasteiger partial charge in [-0.3, -0.25) is 4.79 Å². The summed E-state index contributed by atoms with van der Waals surface area (Å²) < 4.78 is 4.54. The molecule has 0 saturated heterocycles. The zero-order valence-electron chi connectivity index (χ0n) is 9.36. The van der Waals surface area contributed by atoms with Gasteiger partial charge in [0.25, 0.3) is 0 Å². The number of carbonyl (C=O) groups excluding carboxylic acids is 2. The zero-order valence-corrected chi connectivity index (χ0v) is 10.1. The van der Waals surface area contributed by atoms with Crippen molar-refractivity contribution < 1.29 is 14.3 Å². The fourth-order valence-corrected chi connectivity index (χ4v) is 1.47. The average Bonchev–Trinajstić information content (AvgIpc) is 2.35. The quantitative estimate of drug-likeness (QED) is 0.610. The molecule has 0 N–H and O–H groups in total. The molecule has 4 nitrogen and oxygen atoms in total. The number of alkyl halides is 1. The highest BCUT2D eigenvalue weighted by molar-refractivity contribution is 6.30. The minimum atomic E-state index is -0.811. The molecular formula is C12H10ClNO3. The van der Waals surface area contributed by atoms with Gasteiger partial charge in [0.1, 0.15) is 11.4 Å². The van der Waals surface area contributed by atoms with Crippen LogP contribution in [0.3, 0.4) is 0 Å². The first-order valence-corrected chi connectivity index (χ1v) is 5.21. The van der Waals surface area contributed by atoms with Gasteiger partial charge in [-0.1, -0.05) is 6.07 Å². The van der Waals surface area contributed by atoms with Gasteiger partial charge in [-0.2, -0.15) is 5.26 Å². The van der Waals surface area contributed by atoms with Crippen LogP contribution in [-0.4, -0.2) is 18.9 Å². The van der Waals surface area contributed by atoms with Crippen molar-refractivity contribution in [1.82, 2.24) is 0 Å². The fourth-order valence-electron chi connectivity index (χ4n) is 1.33. The Morgan fingerprint density at radius 2 is 2.12 bits per heavy atom. The fraction of sp³-hybridized carbons (Fsp3) is 0.250. The van der Waals surface area contributed by atoms with Crippen molar-refractivity contribution >= 4 is 23.4 Å². The molecule has 17 heavy (non-hydrogen) atoms. The van der Waals surface area contributed by atoms with E-state index in [2.05, 4.69) is 4.74 Å². The summed E-state index contributed by atoms with van der Waals surface area (Å²) in [6.45, 7) is 1.36. The molecule has 0 aliphatic heterocycles. The number of carbonyl (C=O) groups is 2. The lowest BCUT2D eigenvalue weighted by Crippen LogP contribution is -2.07. The summed E-state index contributed by atoms with van der Waals surface area (Å²) in [6.07, 6.45) is 0. The first-order chi connectivity index (χ1) is 8.01. The standard InChI is InChI=1S/C12H10ClNO3/c1-7(15)11(13)8-3-4-10(12(16)17-2)9(5-8)6-14/h3-5,11H,1-2H3. The van der Waals surface area contributed by atoms with E-state index in [9.17, 15) is 9.59 Å². The molecule has 0 amide bonds. The maximum atomic E-state index is 11.3. The van der Waals surface area contributed by atoms with Crippen molar-refractivity contribution in [1.29, 1.82) is 5.26 Å². The number of nitrogens with zero attached hydrogens (tertiary/aromatic N) is 1. The Kier molecular flexibility index (Phi) is 4.24. The molecule has 1 aromatic carbocycles. The van der Waals surface area contributed by atoms with Crippen LogP contribution in [0.5, 0.6) is 0 Å².